The normalized spacial score (nSPS) is 31.9. The molecule has 3 rings (SSSR count). The van der Waals surface area contributed by atoms with E-state index in [9.17, 15) is 0 Å². The highest BCUT2D eigenvalue weighted by Crippen LogP contribution is 2.60. The molecule has 0 fully saturated rings. The lowest BCUT2D eigenvalue weighted by molar-refractivity contribution is 0.339. The van der Waals surface area contributed by atoms with Crippen molar-refractivity contribution in [3.8, 4) is 0 Å². The van der Waals surface area contributed by atoms with Crippen LogP contribution in [-0.4, -0.2) is 77.3 Å². The molecule has 7 heteroatoms. The molecule has 2 unspecified atom stereocenters. The van der Waals surface area contributed by atoms with Gasteiger partial charge in [0.2, 0.25) is 0 Å². The van der Waals surface area contributed by atoms with Crippen molar-refractivity contribution in [3.63, 3.8) is 0 Å². The number of hydrogen-bond donors (Lipinski definition) is 1. The average molecular weight is 463 g/mol. The highest BCUT2D eigenvalue weighted by Gasteiger charge is 2.49. The molecule has 3 nitrogen and oxygen atoms in total. The molecule has 0 aromatic rings. The van der Waals surface area contributed by atoms with Crippen molar-refractivity contribution < 1.29 is 0 Å². The third-order valence-corrected chi connectivity index (χ3v) is 8.81. The summed E-state index contributed by atoms with van der Waals surface area (Å²) in [6, 6.07) is 0. The van der Waals surface area contributed by atoms with E-state index in [4.69, 9.17) is 5.73 Å². The van der Waals surface area contributed by atoms with E-state index in [1.165, 1.54) is 28.1 Å². The summed E-state index contributed by atoms with van der Waals surface area (Å²) in [6.45, 7) is 14.0. The van der Waals surface area contributed by atoms with Crippen LogP contribution in [0.25, 0.3) is 0 Å². The van der Waals surface area contributed by atoms with Crippen molar-refractivity contribution in [1.29, 1.82) is 0 Å². The predicted molar refractivity (Wildman–Crippen MR) is 140 cm³/mol. The van der Waals surface area contributed by atoms with E-state index in [0.717, 1.165) is 72.5 Å². The van der Waals surface area contributed by atoms with Gasteiger partial charge in [-0.1, -0.05) is 65.0 Å². The fraction of sp³-hybridized carbons (Fsp3) is 0.478. The summed E-state index contributed by atoms with van der Waals surface area (Å²) in [6.07, 6.45) is 17.7. The van der Waals surface area contributed by atoms with Gasteiger partial charge < -0.3 is 11.5 Å². The monoisotopic (exact) mass is 463 g/mol. The van der Waals surface area contributed by atoms with E-state index in [1.807, 2.05) is 0 Å². The molecule has 0 amide bonds. The molecule has 2 atom stereocenters. The van der Waals surface area contributed by atoms with Crippen LogP contribution in [0.1, 0.15) is 48.0 Å². The standard InChI is InChI=1S/C23H29N3.4Al.8H/c1-20(2)9-7-15(11-16(24)12-20)23(6)14-21(3,4)17-8-10-22(5,26)13-18(25)19(17)23;;;;;;;;;;;;/h7-13H,14,26H2,1-6H3;;;;;;;;;;;;. The fourth-order valence-electron chi connectivity index (χ4n) is 5.29. The van der Waals surface area contributed by atoms with E-state index >= 15 is 0 Å². The van der Waals surface area contributed by atoms with Crippen LogP contribution in [0, 0.1) is 16.2 Å². The first-order valence-corrected chi connectivity index (χ1v) is 14.6. The minimum atomic E-state index is -0.411. The summed E-state index contributed by atoms with van der Waals surface area (Å²) in [4.78, 5) is 0. The third-order valence-electron chi connectivity index (χ3n) is 6.81. The highest BCUT2D eigenvalue weighted by molar-refractivity contribution is 6.27. The Hall–Kier alpha value is 0.130. The Morgan fingerprint density at radius 1 is 0.867 bits per heavy atom. The largest absolute Gasteiger partial charge is 0.570 e. The van der Waals surface area contributed by atoms with Gasteiger partial charge in [0.1, 0.15) is 0 Å². The highest BCUT2D eigenvalue weighted by atomic mass is 27.1. The second-order valence-electron chi connectivity index (χ2n) is 11.5. The fourth-order valence-corrected chi connectivity index (χ4v) is 6.52. The van der Waals surface area contributed by atoms with Gasteiger partial charge in [-0.05, 0) is 59.0 Å². The number of allylic oxidation sites excluding steroid dienone is 8. The van der Waals surface area contributed by atoms with Crippen LogP contribution in [0.2, 0.25) is 0 Å². The Kier molecular flexibility index (Phi) is 6.74. The molecule has 0 saturated carbocycles. The van der Waals surface area contributed by atoms with Gasteiger partial charge in [-0.15, -0.1) is 0 Å². The molecule has 0 aromatic heterocycles. The van der Waals surface area contributed by atoms with Crippen LogP contribution in [0.3, 0.4) is 0 Å². The molecule has 0 aromatic carbocycles. The minimum absolute atomic E-state index is 0.0301. The maximum atomic E-state index is 6.67. The SMILES string of the molecule is CC1(C)C=CC(C2(C)CC(C)(C)C3=C2C([N]([AlH2])[AlH2])=CC(C)(N)C=C3)=CC([N]([AlH2])[AlH2])=C1. The number of nitrogens with zero attached hydrogens (tertiary/aromatic N) is 2. The predicted octanol–water partition coefficient (Wildman–Crippen LogP) is 1.09. The molecule has 0 bridgehead atoms. The Morgan fingerprint density at radius 2 is 1.50 bits per heavy atom. The quantitative estimate of drug-likeness (QED) is 0.637. The number of rotatable bonds is 3. The molecule has 0 spiro atoms. The lowest BCUT2D eigenvalue weighted by atomic mass is 9.71. The van der Waals surface area contributed by atoms with E-state index in [0.29, 0.717) is 0 Å². The summed E-state index contributed by atoms with van der Waals surface area (Å²) < 4.78 is 5.04. The minimum Gasteiger partial charge on any atom is -0.570 e. The molecule has 0 aliphatic heterocycles. The van der Waals surface area contributed by atoms with Crippen molar-refractivity contribution in [2.24, 2.45) is 22.0 Å². The Bertz CT molecular complexity index is 930. The lowest BCUT2D eigenvalue weighted by Gasteiger charge is -2.37. The van der Waals surface area contributed by atoms with Gasteiger partial charge in [0.15, 0.2) is 0 Å². The molecule has 3 aliphatic carbocycles. The van der Waals surface area contributed by atoms with Gasteiger partial charge in [0.05, 0.1) is 5.54 Å². The molecule has 0 radical (unpaired) electrons. The molecule has 30 heavy (non-hydrogen) atoms. The van der Waals surface area contributed by atoms with E-state index < -0.39 is 5.54 Å². The lowest BCUT2D eigenvalue weighted by Crippen LogP contribution is -2.34. The van der Waals surface area contributed by atoms with Gasteiger partial charge >= 0.3 is 66.0 Å². The molecule has 3 aliphatic rings. The molecule has 0 heterocycles. The van der Waals surface area contributed by atoms with Crippen LogP contribution in [0.15, 0.2) is 70.6 Å². The Labute approximate surface area is 216 Å². The number of nitrogens with two attached hydrogens (primary N) is 1. The summed E-state index contributed by atoms with van der Waals surface area (Å²) in [5.74, 6) is 0. The zero-order chi connectivity index (χ0) is 22.7. The van der Waals surface area contributed by atoms with Crippen LogP contribution in [0.4, 0.5) is 0 Å². The van der Waals surface area contributed by atoms with E-state index in [-0.39, 0.29) is 16.2 Å². The van der Waals surface area contributed by atoms with Crippen molar-refractivity contribution >= 4 is 66.0 Å². The van der Waals surface area contributed by atoms with Crippen molar-refractivity contribution in [1.82, 2.24) is 5.73 Å². The zero-order valence-corrected chi connectivity index (χ0v) is 28.7. The first-order chi connectivity index (χ1) is 13.6. The van der Waals surface area contributed by atoms with E-state index in [1.54, 1.807) is 0 Å². The summed E-state index contributed by atoms with van der Waals surface area (Å²) in [7, 11) is 0. The Balaban J connectivity index is 2.29. The smallest absolute Gasteiger partial charge is 0.336 e. The molecule has 0 saturated heterocycles. The maximum Gasteiger partial charge on any atom is 0.336 e. The second-order valence-corrected chi connectivity index (χ2v) is 20.5. The average Bonchev–Trinajstić information content (AvgIpc) is 2.72. The zero-order valence-electron chi connectivity index (χ0n) is 20.7. The summed E-state index contributed by atoms with van der Waals surface area (Å²) in [5.41, 5.74) is 13.6. The van der Waals surface area contributed by atoms with Crippen LogP contribution >= 0.6 is 0 Å². The third kappa shape index (κ3) is 4.73. The van der Waals surface area contributed by atoms with Gasteiger partial charge in [-0.3, -0.25) is 0 Å². The van der Waals surface area contributed by atoms with Crippen LogP contribution in [-0.2, 0) is 0 Å². The summed E-state index contributed by atoms with van der Waals surface area (Å²) >= 11 is 4.19. The Morgan fingerprint density at radius 3 is 2.07 bits per heavy atom. The van der Waals surface area contributed by atoms with Crippen LogP contribution < -0.4 is 5.73 Å². The maximum absolute atomic E-state index is 6.67. The summed E-state index contributed by atoms with van der Waals surface area (Å²) in [5, 5.41) is 0. The van der Waals surface area contributed by atoms with Crippen LogP contribution in [0.5, 0.6) is 0 Å². The van der Waals surface area contributed by atoms with E-state index in [2.05, 4.69) is 89.8 Å². The first-order valence-electron chi connectivity index (χ1n) is 11.0. The molecular formula is C23H37Al4N3. The van der Waals surface area contributed by atoms with Crippen molar-refractivity contribution in [2.45, 2.75) is 53.5 Å². The number of hydrogen-bond acceptors (Lipinski definition) is 3. The first kappa shape index (κ1) is 24.8. The second kappa shape index (κ2) is 8.17. The van der Waals surface area contributed by atoms with Gasteiger partial charge in [-0.25, -0.2) is 0 Å². The van der Waals surface area contributed by atoms with Crippen molar-refractivity contribution in [3.05, 3.63) is 70.6 Å². The van der Waals surface area contributed by atoms with Gasteiger partial charge in [-0.2, -0.15) is 0 Å². The van der Waals surface area contributed by atoms with Gasteiger partial charge in [0.25, 0.3) is 0 Å². The van der Waals surface area contributed by atoms with Gasteiger partial charge in [0, 0.05) is 10.8 Å². The molecule has 156 valence electrons. The topological polar surface area (TPSA) is 32.5 Å². The molecular weight excluding hydrogens is 426 g/mol. The van der Waals surface area contributed by atoms with Crippen molar-refractivity contribution in [2.75, 3.05) is 0 Å². The molecule has 2 N–H and O–H groups in total.